The van der Waals surface area contributed by atoms with Gasteiger partial charge in [-0.2, -0.15) is 0 Å². The summed E-state index contributed by atoms with van der Waals surface area (Å²) in [6, 6.07) is 8.22. The largest absolute Gasteiger partial charge is 0.389 e. The number of hydrogen-bond acceptors (Lipinski definition) is 5. The third-order valence-corrected chi connectivity index (χ3v) is 6.12. The number of ether oxygens (including phenoxy) is 1. The minimum Gasteiger partial charge on any atom is -0.389 e. The predicted molar refractivity (Wildman–Crippen MR) is 133 cm³/mol. The van der Waals surface area contributed by atoms with Crippen LogP contribution in [-0.2, 0) is 11.2 Å². The van der Waals surface area contributed by atoms with Crippen molar-refractivity contribution in [1.29, 1.82) is 0 Å². The van der Waals surface area contributed by atoms with Crippen LogP contribution in [0.15, 0.2) is 42.5 Å². The van der Waals surface area contributed by atoms with Gasteiger partial charge in [0.2, 0.25) is 0 Å². The van der Waals surface area contributed by atoms with Gasteiger partial charge in [-0.1, -0.05) is 19.9 Å². The molecule has 2 aromatic carbocycles. The van der Waals surface area contributed by atoms with Crippen molar-refractivity contribution in [3.05, 3.63) is 70.8 Å². The third-order valence-electron chi connectivity index (χ3n) is 6.12. The zero-order valence-corrected chi connectivity index (χ0v) is 20.8. The van der Waals surface area contributed by atoms with Crippen molar-refractivity contribution in [2.75, 3.05) is 32.8 Å². The molecule has 0 aliphatic carbocycles. The van der Waals surface area contributed by atoms with Crippen LogP contribution >= 0.6 is 0 Å². The van der Waals surface area contributed by atoms with Crippen LogP contribution in [0.5, 0.6) is 0 Å². The summed E-state index contributed by atoms with van der Waals surface area (Å²) in [5.41, 5.74) is 0.952. The summed E-state index contributed by atoms with van der Waals surface area (Å²) in [7, 11) is 0. The molecule has 3 rings (SSSR count). The number of aliphatic hydroxyl groups excluding tert-OH is 1. The number of hydrogen-bond donors (Lipinski definition) is 3. The standard InChI is InChI=1S/C27H35F2N3O4/c1-3-9-32(10-4-2)27(35)20-7-5-6-19(15-20)26(34)31-23(25(33)24-17-36-11-8-30-24)14-18-12-21(28)16-22(29)13-18/h5-7,12-13,15-16,23-25,30,33H,3-4,8-11,14,17H2,1-2H3,(H,31,34)/t23-,24?,25-/m0/s1. The fourth-order valence-electron chi connectivity index (χ4n) is 4.41. The van der Waals surface area contributed by atoms with Gasteiger partial charge in [-0.15, -0.1) is 0 Å². The molecule has 9 heteroatoms. The van der Waals surface area contributed by atoms with Gasteiger partial charge in [0.25, 0.3) is 11.8 Å². The molecule has 1 heterocycles. The SMILES string of the molecule is CCCN(CCC)C(=O)c1cccc(C(=O)N[C@@H](Cc2cc(F)cc(F)c2)[C@H](O)C2COCCN2)c1. The van der Waals surface area contributed by atoms with E-state index in [0.717, 1.165) is 18.9 Å². The molecule has 3 atom stereocenters. The number of nitrogens with one attached hydrogen (secondary N) is 2. The number of rotatable bonds is 11. The Hall–Kier alpha value is -2.88. The number of carbonyl (C=O) groups is 2. The number of nitrogens with zero attached hydrogens (tertiary/aromatic N) is 1. The van der Waals surface area contributed by atoms with Crippen molar-refractivity contribution < 1.29 is 28.2 Å². The van der Waals surface area contributed by atoms with Crippen molar-refractivity contribution >= 4 is 11.8 Å². The topological polar surface area (TPSA) is 90.9 Å². The fourth-order valence-corrected chi connectivity index (χ4v) is 4.41. The molecule has 1 saturated heterocycles. The molecule has 3 N–H and O–H groups in total. The molecule has 1 fully saturated rings. The first-order valence-corrected chi connectivity index (χ1v) is 12.5. The molecule has 2 aromatic rings. The number of amides is 2. The Balaban J connectivity index is 1.81. The van der Waals surface area contributed by atoms with E-state index in [2.05, 4.69) is 10.6 Å². The predicted octanol–water partition coefficient (Wildman–Crippen LogP) is 2.92. The molecule has 7 nitrogen and oxygen atoms in total. The summed E-state index contributed by atoms with van der Waals surface area (Å²) in [5, 5.41) is 17.0. The summed E-state index contributed by atoms with van der Waals surface area (Å²) in [4.78, 5) is 28.0. The van der Waals surface area contributed by atoms with Crippen LogP contribution in [0.1, 0.15) is 53.0 Å². The van der Waals surface area contributed by atoms with Crippen LogP contribution in [0.3, 0.4) is 0 Å². The Morgan fingerprint density at radius 2 is 1.78 bits per heavy atom. The van der Waals surface area contributed by atoms with E-state index in [4.69, 9.17) is 4.74 Å². The quantitative estimate of drug-likeness (QED) is 0.439. The van der Waals surface area contributed by atoms with Gasteiger partial charge in [-0.05, 0) is 55.2 Å². The van der Waals surface area contributed by atoms with Gasteiger partial charge < -0.3 is 25.4 Å². The monoisotopic (exact) mass is 503 g/mol. The van der Waals surface area contributed by atoms with E-state index < -0.39 is 35.7 Å². The van der Waals surface area contributed by atoms with E-state index in [9.17, 15) is 23.5 Å². The fraction of sp³-hybridized carbons (Fsp3) is 0.481. The van der Waals surface area contributed by atoms with Crippen LogP contribution in [0.25, 0.3) is 0 Å². The van der Waals surface area contributed by atoms with E-state index in [1.165, 1.54) is 18.2 Å². The molecular formula is C27H35F2N3O4. The van der Waals surface area contributed by atoms with Gasteiger partial charge in [0.15, 0.2) is 0 Å². The molecule has 0 bridgehead atoms. The minimum absolute atomic E-state index is 0.000828. The summed E-state index contributed by atoms with van der Waals surface area (Å²) in [6.45, 7) is 6.52. The van der Waals surface area contributed by atoms with Crippen LogP contribution < -0.4 is 10.6 Å². The number of morpholine rings is 1. The number of carbonyl (C=O) groups excluding carboxylic acids is 2. The van der Waals surface area contributed by atoms with Crippen LogP contribution in [0.2, 0.25) is 0 Å². The zero-order valence-electron chi connectivity index (χ0n) is 20.8. The first-order valence-electron chi connectivity index (χ1n) is 12.5. The third kappa shape index (κ3) is 7.56. The van der Waals surface area contributed by atoms with E-state index >= 15 is 0 Å². The maximum atomic E-state index is 13.8. The Labute approximate surface area is 210 Å². The molecule has 1 unspecified atom stereocenters. The smallest absolute Gasteiger partial charge is 0.253 e. The Morgan fingerprint density at radius 1 is 1.11 bits per heavy atom. The molecule has 0 spiro atoms. The number of aliphatic hydroxyl groups is 1. The van der Waals surface area contributed by atoms with Crippen molar-refractivity contribution in [3.8, 4) is 0 Å². The highest BCUT2D eigenvalue weighted by molar-refractivity contribution is 5.99. The van der Waals surface area contributed by atoms with Crippen molar-refractivity contribution in [2.24, 2.45) is 0 Å². The summed E-state index contributed by atoms with van der Waals surface area (Å²) in [5.74, 6) is -2.12. The second-order valence-corrected chi connectivity index (χ2v) is 9.06. The summed E-state index contributed by atoms with van der Waals surface area (Å²) < 4.78 is 33.0. The molecule has 0 aromatic heterocycles. The highest BCUT2D eigenvalue weighted by Gasteiger charge is 2.31. The van der Waals surface area contributed by atoms with Crippen LogP contribution in [0, 0.1) is 11.6 Å². The lowest BCUT2D eigenvalue weighted by molar-refractivity contribution is 0.00343. The molecule has 1 aliphatic rings. The van der Waals surface area contributed by atoms with Crippen LogP contribution in [-0.4, -0.2) is 72.9 Å². The van der Waals surface area contributed by atoms with Gasteiger partial charge in [-0.3, -0.25) is 9.59 Å². The maximum absolute atomic E-state index is 13.8. The van der Waals surface area contributed by atoms with E-state index in [-0.39, 0.29) is 24.5 Å². The van der Waals surface area contributed by atoms with Gasteiger partial charge >= 0.3 is 0 Å². The number of halogens is 2. The highest BCUT2D eigenvalue weighted by Crippen LogP contribution is 2.16. The Morgan fingerprint density at radius 3 is 2.39 bits per heavy atom. The van der Waals surface area contributed by atoms with Gasteiger partial charge in [0.05, 0.1) is 31.4 Å². The molecule has 0 saturated carbocycles. The molecular weight excluding hydrogens is 468 g/mol. The normalized spacial score (nSPS) is 17.3. The Bertz CT molecular complexity index is 1000. The van der Waals surface area contributed by atoms with Crippen molar-refractivity contribution in [1.82, 2.24) is 15.5 Å². The molecule has 0 radical (unpaired) electrons. The van der Waals surface area contributed by atoms with E-state index in [1.54, 1.807) is 23.1 Å². The lowest BCUT2D eigenvalue weighted by Gasteiger charge is -2.33. The van der Waals surface area contributed by atoms with Crippen molar-refractivity contribution in [3.63, 3.8) is 0 Å². The molecule has 196 valence electrons. The van der Waals surface area contributed by atoms with Crippen LogP contribution in [0.4, 0.5) is 8.78 Å². The van der Waals surface area contributed by atoms with Crippen molar-refractivity contribution in [2.45, 2.75) is 51.3 Å². The summed E-state index contributed by atoms with van der Waals surface area (Å²) in [6.07, 6.45) is 0.560. The lowest BCUT2D eigenvalue weighted by atomic mass is 9.95. The molecule has 36 heavy (non-hydrogen) atoms. The van der Waals surface area contributed by atoms with E-state index in [0.29, 0.717) is 37.4 Å². The minimum atomic E-state index is -1.09. The zero-order chi connectivity index (χ0) is 26.1. The molecule has 2 amide bonds. The van der Waals surface area contributed by atoms with Gasteiger partial charge in [0.1, 0.15) is 11.6 Å². The molecule has 1 aliphatic heterocycles. The number of benzene rings is 2. The maximum Gasteiger partial charge on any atom is 0.253 e. The van der Waals surface area contributed by atoms with Gasteiger partial charge in [0, 0.05) is 36.8 Å². The first-order chi connectivity index (χ1) is 17.3. The lowest BCUT2D eigenvalue weighted by Crippen LogP contribution is -2.57. The second-order valence-electron chi connectivity index (χ2n) is 9.06. The summed E-state index contributed by atoms with van der Waals surface area (Å²) >= 11 is 0. The first kappa shape index (κ1) is 27.7. The average molecular weight is 504 g/mol. The van der Waals surface area contributed by atoms with Gasteiger partial charge in [-0.25, -0.2) is 8.78 Å². The highest BCUT2D eigenvalue weighted by atomic mass is 19.1. The second kappa shape index (κ2) is 13.4. The van der Waals surface area contributed by atoms with E-state index in [1.807, 2.05) is 13.8 Å². The Kier molecular flexibility index (Phi) is 10.3. The average Bonchev–Trinajstić information content (AvgIpc) is 2.87.